The molecule has 0 spiro atoms. The van der Waals surface area contributed by atoms with E-state index in [0.29, 0.717) is 5.82 Å². The van der Waals surface area contributed by atoms with E-state index in [0.717, 1.165) is 35.7 Å². The maximum absolute atomic E-state index is 11.8. The van der Waals surface area contributed by atoms with Crippen LogP contribution in [0.2, 0.25) is 5.28 Å². The predicted octanol–water partition coefficient (Wildman–Crippen LogP) is 2.33. The van der Waals surface area contributed by atoms with Gasteiger partial charge >= 0.3 is 0 Å². The number of anilines is 1. The lowest BCUT2D eigenvalue weighted by Gasteiger charge is -2.35. The Kier molecular flexibility index (Phi) is 4.26. The molecule has 1 saturated carbocycles. The van der Waals surface area contributed by atoms with E-state index >= 15 is 0 Å². The van der Waals surface area contributed by atoms with E-state index in [-0.39, 0.29) is 11.2 Å². The third-order valence-electron chi connectivity index (χ3n) is 3.25. The summed E-state index contributed by atoms with van der Waals surface area (Å²) in [4.78, 5) is 19.8. The quantitative estimate of drug-likeness (QED) is 0.623. The van der Waals surface area contributed by atoms with Crippen molar-refractivity contribution in [3.63, 3.8) is 0 Å². The second-order valence-corrected chi connectivity index (χ2v) is 5.97. The van der Waals surface area contributed by atoms with Gasteiger partial charge < -0.3 is 11.1 Å². The lowest BCUT2D eigenvalue weighted by atomic mass is 9.81. The molecule has 1 aliphatic rings. The van der Waals surface area contributed by atoms with Crippen LogP contribution in [0, 0.1) is 3.57 Å². The van der Waals surface area contributed by atoms with Gasteiger partial charge in [-0.15, -0.1) is 0 Å². The molecular formula is C11H14ClIN4O. The molecule has 1 aliphatic carbocycles. The van der Waals surface area contributed by atoms with Crippen molar-refractivity contribution in [1.29, 1.82) is 0 Å². The van der Waals surface area contributed by atoms with Crippen LogP contribution in [0.4, 0.5) is 5.82 Å². The van der Waals surface area contributed by atoms with Gasteiger partial charge in [-0.1, -0.05) is 19.3 Å². The minimum Gasteiger partial charge on any atom is -0.368 e. The summed E-state index contributed by atoms with van der Waals surface area (Å²) in [5.41, 5.74) is 4.86. The van der Waals surface area contributed by atoms with Crippen LogP contribution in [0.15, 0.2) is 6.20 Å². The number of halogens is 2. The van der Waals surface area contributed by atoms with E-state index in [2.05, 4.69) is 37.9 Å². The number of carbonyl (C=O) groups is 1. The molecule has 98 valence electrons. The van der Waals surface area contributed by atoms with Gasteiger partial charge in [-0.25, -0.2) is 4.98 Å². The summed E-state index contributed by atoms with van der Waals surface area (Å²) < 4.78 is 0.822. The third-order valence-corrected chi connectivity index (χ3v) is 4.22. The Bertz CT molecular complexity index is 462. The number of carbonyl (C=O) groups excluding carboxylic acids is 1. The van der Waals surface area contributed by atoms with Crippen LogP contribution in [0.1, 0.15) is 32.1 Å². The smallest absolute Gasteiger partial charge is 0.243 e. The SMILES string of the molecule is NC(=O)C1(Nc2nc(Cl)ncc2I)CCCCC1. The predicted molar refractivity (Wildman–Crippen MR) is 78.4 cm³/mol. The first-order valence-electron chi connectivity index (χ1n) is 5.80. The first-order chi connectivity index (χ1) is 8.53. The lowest BCUT2D eigenvalue weighted by molar-refractivity contribution is -0.123. The number of amides is 1. The van der Waals surface area contributed by atoms with Crippen LogP contribution >= 0.6 is 34.2 Å². The Hall–Kier alpha value is -0.630. The van der Waals surface area contributed by atoms with Gasteiger partial charge in [0.1, 0.15) is 11.4 Å². The molecule has 1 fully saturated rings. The molecule has 1 aromatic rings. The molecular weight excluding hydrogens is 367 g/mol. The van der Waals surface area contributed by atoms with Gasteiger partial charge in [0.2, 0.25) is 11.2 Å². The van der Waals surface area contributed by atoms with E-state index in [1.807, 2.05) is 0 Å². The highest BCUT2D eigenvalue weighted by Gasteiger charge is 2.38. The van der Waals surface area contributed by atoms with Crippen LogP contribution in [-0.4, -0.2) is 21.4 Å². The molecule has 0 unspecified atom stereocenters. The highest BCUT2D eigenvalue weighted by atomic mass is 127. The van der Waals surface area contributed by atoms with E-state index < -0.39 is 5.54 Å². The maximum Gasteiger partial charge on any atom is 0.243 e. The van der Waals surface area contributed by atoms with Crippen molar-refractivity contribution in [3.05, 3.63) is 15.1 Å². The normalized spacial score (nSPS) is 18.3. The molecule has 18 heavy (non-hydrogen) atoms. The molecule has 1 aromatic heterocycles. The van der Waals surface area contributed by atoms with Crippen LogP contribution in [0.3, 0.4) is 0 Å². The Morgan fingerprint density at radius 2 is 2.11 bits per heavy atom. The molecule has 0 saturated heterocycles. The van der Waals surface area contributed by atoms with Crippen LogP contribution in [-0.2, 0) is 4.79 Å². The van der Waals surface area contributed by atoms with Gasteiger partial charge in [-0.3, -0.25) is 4.79 Å². The summed E-state index contributed by atoms with van der Waals surface area (Å²) in [5, 5.41) is 3.35. The molecule has 3 N–H and O–H groups in total. The molecule has 2 rings (SSSR count). The second-order valence-electron chi connectivity index (χ2n) is 4.47. The average Bonchev–Trinajstić information content (AvgIpc) is 2.35. The monoisotopic (exact) mass is 380 g/mol. The molecule has 5 nitrogen and oxygen atoms in total. The molecule has 0 aliphatic heterocycles. The van der Waals surface area contributed by atoms with Crippen molar-refractivity contribution in [3.8, 4) is 0 Å². The summed E-state index contributed by atoms with van der Waals surface area (Å²) in [7, 11) is 0. The fourth-order valence-electron chi connectivity index (χ4n) is 2.25. The van der Waals surface area contributed by atoms with Crippen molar-refractivity contribution < 1.29 is 4.79 Å². The van der Waals surface area contributed by atoms with E-state index in [9.17, 15) is 4.79 Å². The minimum absolute atomic E-state index is 0.161. The van der Waals surface area contributed by atoms with Gasteiger partial charge in [0, 0.05) is 6.20 Å². The van der Waals surface area contributed by atoms with Gasteiger partial charge in [0.25, 0.3) is 0 Å². The zero-order valence-corrected chi connectivity index (χ0v) is 12.7. The largest absolute Gasteiger partial charge is 0.368 e. The number of hydrogen-bond acceptors (Lipinski definition) is 4. The second kappa shape index (κ2) is 5.56. The number of aromatic nitrogens is 2. The van der Waals surface area contributed by atoms with Crippen molar-refractivity contribution in [2.75, 3.05) is 5.32 Å². The zero-order chi connectivity index (χ0) is 13.2. The number of primary amides is 1. The van der Waals surface area contributed by atoms with E-state index in [1.165, 1.54) is 0 Å². The molecule has 0 aromatic carbocycles. The summed E-state index contributed by atoms with van der Waals surface area (Å²) in [6.45, 7) is 0. The average molecular weight is 381 g/mol. The van der Waals surface area contributed by atoms with Crippen molar-refractivity contribution in [2.45, 2.75) is 37.6 Å². The fourth-order valence-corrected chi connectivity index (χ4v) is 2.78. The molecule has 0 bridgehead atoms. The summed E-state index contributed by atoms with van der Waals surface area (Å²) in [6, 6.07) is 0. The zero-order valence-electron chi connectivity index (χ0n) is 9.75. The number of rotatable bonds is 3. The third kappa shape index (κ3) is 2.85. The summed E-state index contributed by atoms with van der Waals surface area (Å²) in [6.07, 6.45) is 6.21. The highest BCUT2D eigenvalue weighted by Crippen LogP contribution is 2.32. The Labute approximate surface area is 124 Å². The summed E-state index contributed by atoms with van der Waals surface area (Å²) in [5.74, 6) is 0.254. The number of nitrogens with zero attached hydrogens (tertiary/aromatic N) is 2. The van der Waals surface area contributed by atoms with Crippen molar-refractivity contribution in [2.24, 2.45) is 5.73 Å². The van der Waals surface area contributed by atoms with Gasteiger partial charge in [0.05, 0.1) is 3.57 Å². The topological polar surface area (TPSA) is 80.9 Å². The summed E-state index contributed by atoms with van der Waals surface area (Å²) >= 11 is 7.88. The van der Waals surface area contributed by atoms with E-state index in [4.69, 9.17) is 17.3 Å². The standard InChI is InChI=1S/C11H14ClIN4O/c12-10-15-6-7(13)8(16-10)17-11(9(14)18)4-2-1-3-5-11/h6H,1-5H2,(H2,14,18)(H,15,16,17). The highest BCUT2D eigenvalue weighted by molar-refractivity contribution is 14.1. The first-order valence-corrected chi connectivity index (χ1v) is 7.25. The fraction of sp³-hybridized carbons (Fsp3) is 0.545. The molecule has 1 amide bonds. The molecule has 0 radical (unpaired) electrons. The maximum atomic E-state index is 11.8. The minimum atomic E-state index is -0.699. The number of nitrogens with one attached hydrogen (secondary N) is 1. The van der Waals surface area contributed by atoms with Gasteiger partial charge in [0.15, 0.2) is 0 Å². The lowest BCUT2D eigenvalue weighted by Crippen LogP contribution is -2.52. The molecule has 0 atom stereocenters. The van der Waals surface area contributed by atoms with E-state index in [1.54, 1.807) is 6.20 Å². The van der Waals surface area contributed by atoms with Crippen LogP contribution in [0.5, 0.6) is 0 Å². The van der Waals surface area contributed by atoms with Crippen LogP contribution < -0.4 is 11.1 Å². The van der Waals surface area contributed by atoms with Gasteiger partial charge in [-0.05, 0) is 47.0 Å². The van der Waals surface area contributed by atoms with Crippen molar-refractivity contribution in [1.82, 2.24) is 9.97 Å². The molecule has 7 heteroatoms. The number of nitrogens with two attached hydrogens (primary N) is 1. The van der Waals surface area contributed by atoms with Crippen LogP contribution in [0.25, 0.3) is 0 Å². The Morgan fingerprint density at radius 3 is 2.72 bits per heavy atom. The Balaban J connectivity index is 2.28. The van der Waals surface area contributed by atoms with Gasteiger partial charge in [-0.2, -0.15) is 4.98 Å². The number of hydrogen-bond donors (Lipinski definition) is 2. The van der Waals surface area contributed by atoms with Crippen molar-refractivity contribution >= 4 is 45.9 Å². The molecule has 1 heterocycles. The first kappa shape index (κ1) is 13.8. The Morgan fingerprint density at radius 1 is 1.44 bits per heavy atom.